The van der Waals surface area contributed by atoms with Crippen LogP contribution in [0.2, 0.25) is 0 Å². The van der Waals surface area contributed by atoms with Crippen molar-refractivity contribution in [2.75, 3.05) is 19.6 Å². The highest BCUT2D eigenvalue weighted by Gasteiger charge is 2.50. The molecule has 2 saturated carbocycles. The first-order valence-corrected chi connectivity index (χ1v) is 9.81. The molecule has 4 aliphatic rings. The molecule has 118 valence electrons. The number of piperidine rings is 1. The van der Waals surface area contributed by atoms with E-state index < -0.39 is 10.0 Å². The van der Waals surface area contributed by atoms with Crippen LogP contribution in [-0.2, 0) is 14.8 Å². The van der Waals surface area contributed by atoms with Crippen molar-refractivity contribution in [3.8, 4) is 0 Å². The van der Waals surface area contributed by atoms with E-state index in [1.165, 1.54) is 12.8 Å². The van der Waals surface area contributed by atoms with Gasteiger partial charge in [-0.3, -0.25) is 4.79 Å². The molecule has 0 aromatic carbocycles. The number of carbonyl (C=O) groups excluding carboxylic acids is 1. The van der Waals surface area contributed by atoms with E-state index in [1.54, 1.807) is 4.31 Å². The zero-order chi connectivity index (χ0) is 14.7. The van der Waals surface area contributed by atoms with Crippen molar-refractivity contribution in [2.24, 2.45) is 5.92 Å². The zero-order valence-corrected chi connectivity index (χ0v) is 13.3. The Bertz CT molecular complexity index is 543. The summed E-state index contributed by atoms with van der Waals surface area (Å²) in [7, 11) is -3.05. The fourth-order valence-corrected chi connectivity index (χ4v) is 5.83. The van der Waals surface area contributed by atoms with Crippen molar-refractivity contribution < 1.29 is 13.2 Å². The van der Waals surface area contributed by atoms with Crippen molar-refractivity contribution in [2.45, 2.75) is 62.2 Å². The van der Waals surface area contributed by atoms with Gasteiger partial charge in [0.15, 0.2) is 0 Å². The van der Waals surface area contributed by atoms with Gasteiger partial charge in [0.05, 0.1) is 5.25 Å². The fourth-order valence-electron chi connectivity index (χ4n) is 3.98. The maximum Gasteiger partial charge on any atom is 0.223 e. The third-order valence-corrected chi connectivity index (χ3v) is 8.17. The van der Waals surface area contributed by atoms with Gasteiger partial charge in [0, 0.05) is 31.6 Å². The lowest BCUT2D eigenvalue weighted by molar-refractivity contribution is -0.132. The first-order valence-electron chi connectivity index (χ1n) is 8.31. The van der Waals surface area contributed by atoms with Gasteiger partial charge in [-0.2, -0.15) is 0 Å². The molecule has 4 fully saturated rings. The van der Waals surface area contributed by atoms with Crippen LogP contribution in [0.5, 0.6) is 0 Å². The lowest BCUT2D eigenvalue weighted by Crippen LogP contribution is -2.55. The zero-order valence-electron chi connectivity index (χ0n) is 12.5. The summed E-state index contributed by atoms with van der Waals surface area (Å²) in [4.78, 5) is 14.3. The molecule has 6 heteroatoms. The predicted octanol–water partition coefficient (Wildman–Crippen LogP) is 1.35. The van der Waals surface area contributed by atoms with Gasteiger partial charge in [-0.1, -0.05) is 0 Å². The molecule has 2 saturated heterocycles. The maximum atomic E-state index is 12.3. The summed E-state index contributed by atoms with van der Waals surface area (Å²) in [5, 5.41) is -0.112. The monoisotopic (exact) mass is 312 g/mol. The van der Waals surface area contributed by atoms with Crippen molar-refractivity contribution in [1.29, 1.82) is 0 Å². The minimum Gasteiger partial charge on any atom is -0.337 e. The molecule has 5 nitrogen and oxygen atoms in total. The largest absolute Gasteiger partial charge is 0.337 e. The van der Waals surface area contributed by atoms with Crippen LogP contribution < -0.4 is 0 Å². The average molecular weight is 312 g/mol. The molecule has 4 rings (SSSR count). The summed E-state index contributed by atoms with van der Waals surface area (Å²) in [6.45, 7) is 2.12. The van der Waals surface area contributed by atoms with E-state index in [1.807, 2.05) is 0 Å². The molecule has 2 aliphatic carbocycles. The molecular formula is C15H24N2O3S. The minimum absolute atomic E-state index is 0.0325. The van der Waals surface area contributed by atoms with Crippen LogP contribution in [0, 0.1) is 5.92 Å². The SMILES string of the molecule is O=C1CCC2(CCN(S(=O)(=O)C3CC3)CC2)N1CC1CC1. The second-order valence-corrected chi connectivity index (χ2v) is 9.53. The normalized spacial score (nSPS) is 30.3. The lowest BCUT2D eigenvalue weighted by atomic mass is 9.85. The van der Waals surface area contributed by atoms with Crippen molar-refractivity contribution in [3.63, 3.8) is 0 Å². The number of nitrogens with zero attached hydrogens (tertiary/aromatic N) is 2. The number of carbonyl (C=O) groups is 1. The van der Waals surface area contributed by atoms with Gasteiger partial charge in [0.1, 0.15) is 0 Å². The van der Waals surface area contributed by atoms with Gasteiger partial charge in [0.2, 0.25) is 15.9 Å². The van der Waals surface area contributed by atoms with Crippen LogP contribution in [-0.4, -0.2) is 54.0 Å². The van der Waals surface area contributed by atoms with Crippen LogP contribution in [0.25, 0.3) is 0 Å². The predicted molar refractivity (Wildman–Crippen MR) is 79.2 cm³/mol. The van der Waals surface area contributed by atoms with Crippen molar-refractivity contribution in [1.82, 2.24) is 9.21 Å². The Hall–Kier alpha value is -0.620. The van der Waals surface area contributed by atoms with Crippen LogP contribution >= 0.6 is 0 Å². The second kappa shape index (κ2) is 4.69. The molecule has 1 spiro atoms. The van der Waals surface area contributed by atoms with E-state index in [2.05, 4.69) is 4.90 Å². The van der Waals surface area contributed by atoms with Crippen molar-refractivity contribution >= 4 is 15.9 Å². The van der Waals surface area contributed by atoms with Crippen LogP contribution in [0.15, 0.2) is 0 Å². The Morgan fingerprint density at radius 3 is 2.29 bits per heavy atom. The molecule has 1 amide bonds. The van der Waals surface area contributed by atoms with E-state index in [9.17, 15) is 13.2 Å². The van der Waals surface area contributed by atoms with Crippen LogP contribution in [0.4, 0.5) is 0 Å². The quantitative estimate of drug-likeness (QED) is 0.787. The number of amides is 1. The Labute approximate surface area is 126 Å². The Morgan fingerprint density at radius 2 is 1.71 bits per heavy atom. The average Bonchev–Trinajstić information content (AvgIpc) is 3.36. The molecule has 0 radical (unpaired) electrons. The highest BCUT2D eigenvalue weighted by atomic mass is 32.2. The Kier molecular flexibility index (Phi) is 3.12. The highest BCUT2D eigenvalue weighted by Crippen LogP contribution is 2.43. The van der Waals surface area contributed by atoms with Gasteiger partial charge in [-0.15, -0.1) is 0 Å². The first kappa shape index (κ1) is 14.0. The first-order chi connectivity index (χ1) is 10.0. The molecule has 0 aromatic heterocycles. The van der Waals surface area contributed by atoms with Gasteiger partial charge < -0.3 is 4.90 Å². The summed E-state index contributed by atoms with van der Waals surface area (Å²) in [5.41, 5.74) is -0.0325. The van der Waals surface area contributed by atoms with Crippen LogP contribution in [0.3, 0.4) is 0 Å². The van der Waals surface area contributed by atoms with Crippen molar-refractivity contribution in [3.05, 3.63) is 0 Å². The molecule has 2 heterocycles. The van der Waals surface area contributed by atoms with E-state index in [0.29, 0.717) is 31.3 Å². The fraction of sp³-hybridized carbons (Fsp3) is 0.933. The van der Waals surface area contributed by atoms with Gasteiger partial charge in [-0.25, -0.2) is 12.7 Å². The molecule has 0 atom stereocenters. The number of rotatable bonds is 4. The van der Waals surface area contributed by atoms with E-state index in [-0.39, 0.29) is 10.8 Å². The van der Waals surface area contributed by atoms with Crippen LogP contribution in [0.1, 0.15) is 51.4 Å². The summed E-state index contributed by atoms with van der Waals surface area (Å²) in [6.07, 6.45) is 7.41. The smallest absolute Gasteiger partial charge is 0.223 e. The molecule has 0 bridgehead atoms. The molecule has 21 heavy (non-hydrogen) atoms. The third-order valence-electron chi connectivity index (χ3n) is 5.77. The number of likely N-dealkylation sites (tertiary alicyclic amines) is 1. The molecule has 0 N–H and O–H groups in total. The van der Waals surface area contributed by atoms with Gasteiger partial charge >= 0.3 is 0 Å². The highest BCUT2D eigenvalue weighted by molar-refractivity contribution is 7.90. The van der Waals surface area contributed by atoms with E-state index in [0.717, 1.165) is 38.6 Å². The second-order valence-electron chi connectivity index (χ2n) is 7.32. The summed E-state index contributed by atoms with van der Waals surface area (Å²) < 4.78 is 26.3. The lowest BCUT2D eigenvalue weighted by Gasteiger charge is -2.44. The number of hydrogen-bond donors (Lipinski definition) is 0. The van der Waals surface area contributed by atoms with E-state index in [4.69, 9.17) is 0 Å². The molecule has 0 unspecified atom stereocenters. The summed E-state index contributed by atoms with van der Waals surface area (Å²) in [5.74, 6) is 0.998. The maximum absolute atomic E-state index is 12.3. The number of hydrogen-bond acceptors (Lipinski definition) is 3. The summed E-state index contributed by atoms with van der Waals surface area (Å²) >= 11 is 0. The number of sulfonamides is 1. The molecule has 0 aromatic rings. The third kappa shape index (κ3) is 2.40. The standard InChI is InChI=1S/C15H24N2O3S/c18-14-5-6-15(17(14)11-12-1-2-12)7-9-16(10-8-15)21(19,20)13-3-4-13/h12-13H,1-11H2. The van der Waals surface area contributed by atoms with Gasteiger partial charge in [-0.05, 0) is 50.9 Å². The Balaban J connectivity index is 1.46. The van der Waals surface area contributed by atoms with Gasteiger partial charge in [0.25, 0.3) is 0 Å². The molecular weight excluding hydrogens is 288 g/mol. The van der Waals surface area contributed by atoms with E-state index >= 15 is 0 Å². The minimum atomic E-state index is -3.05. The summed E-state index contributed by atoms with van der Waals surface area (Å²) in [6, 6.07) is 0. The molecule has 2 aliphatic heterocycles. The topological polar surface area (TPSA) is 57.7 Å². The Morgan fingerprint density at radius 1 is 1.05 bits per heavy atom.